The Morgan fingerprint density at radius 1 is 1.29 bits per heavy atom. The van der Waals surface area contributed by atoms with Crippen molar-refractivity contribution in [1.29, 1.82) is 0 Å². The zero-order chi connectivity index (χ0) is 17.9. The molecule has 0 aliphatic heterocycles. The van der Waals surface area contributed by atoms with E-state index in [2.05, 4.69) is 12.2 Å². The molecule has 2 rings (SSSR count). The smallest absolute Gasteiger partial charge is 0.408 e. The van der Waals surface area contributed by atoms with E-state index in [9.17, 15) is 14.0 Å². The fourth-order valence-electron chi connectivity index (χ4n) is 2.71. The van der Waals surface area contributed by atoms with Crippen molar-refractivity contribution in [2.75, 3.05) is 0 Å². The highest BCUT2D eigenvalue weighted by molar-refractivity contribution is 5.83. The van der Waals surface area contributed by atoms with Gasteiger partial charge in [0.25, 0.3) is 0 Å². The van der Waals surface area contributed by atoms with Gasteiger partial charge in [0, 0.05) is 12.3 Å². The molecule has 1 N–H and O–H groups in total. The minimum Gasteiger partial charge on any atom is -0.444 e. The molecule has 1 aromatic rings. The Morgan fingerprint density at radius 2 is 1.88 bits per heavy atom. The molecule has 3 atom stereocenters. The second-order valence-corrected chi connectivity index (χ2v) is 7.57. The van der Waals surface area contributed by atoms with E-state index >= 15 is 0 Å². The summed E-state index contributed by atoms with van der Waals surface area (Å²) in [5.74, 6) is 0.541. The van der Waals surface area contributed by atoms with Crippen molar-refractivity contribution in [3.05, 3.63) is 35.6 Å². The lowest BCUT2D eigenvalue weighted by molar-refractivity contribution is -0.120. The highest BCUT2D eigenvalue weighted by Gasteiger charge is 2.38. The number of amides is 1. The van der Waals surface area contributed by atoms with Gasteiger partial charge in [-0.05, 0) is 57.2 Å². The van der Waals surface area contributed by atoms with Gasteiger partial charge in [-0.15, -0.1) is 0 Å². The summed E-state index contributed by atoms with van der Waals surface area (Å²) in [6, 6.07) is 5.58. The highest BCUT2D eigenvalue weighted by Crippen LogP contribution is 2.39. The molecule has 0 bridgehead atoms. The van der Waals surface area contributed by atoms with E-state index in [0.29, 0.717) is 18.8 Å². The number of alkyl carbamates (subject to hydrolysis) is 1. The lowest BCUT2D eigenvalue weighted by Crippen LogP contribution is -2.35. The molecule has 5 heteroatoms. The first kappa shape index (κ1) is 18.4. The van der Waals surface area contributed by atoms with Crippen LogP contribution in [0.3, 0.4) is 0 Å². The molecule has 1 fully saturated rings. The molecular formula is C19H26FNO3. The van der Waals surface area contributed by atoms with Gasteiger partial charge in [-0.1, -0.05) is 19.1 Å². The number of hydrogen-bond donors (Lipinski definition) is 1. The summed E-state index contributed by atoms with van der Waals surface area (Å²) in [4.78, 5) is 24.2. The zero-order valence-corrected chi connectivity index (χ0v) is 14.8. The van der Waals surface area contributed by atoms with Crippen LogP contribution in [0.4, 0.5) is 9.18 Å². The number of ether oxygens (including phenoxy) is 1. The molecule has 3 unspecified atom stereocenters. The fourth-order valence-corrected chi connectivity index (χ4v) is 2.71. The number of rotatable bonds is 6. The van der Waals surface area contributed by atoms with E-state index < -0.39 is 11.7 Å². The largest absolute Gasteiger partial charge is 0.444 e. The maximum atomic E-state index is 13.1. The number of halogens is 1. The number of ketones is 1. The third-order valence-corrected chi connectivity index (χ3v) is 4.17. The summed E-state index contributed by atoms with van der Waals surface area (Å²) >= 11 is 0. The molecule has 132 valence electrons. The predicted molar refractivity (Wildman–Crippen MR) is 90.0 cm³/mol. The number of hydrogen-bond acceptors (Lipinski definition) is 3. The molecule has 0 spiro atoms. The van der Waals surface area contributed by atoms with Crippen molar-refractivity contribution < 1.29 is 18.7 Å². The lowest BCUT2D eigenvalue weighted by Gasteiger charge is -2.24. The Bertz CT molecular complexity index is 592. The van der Waals surface area contributed by atoms with Crippen LogP contribution < -0.4 is 5.32 Å². The summed E-state index contributed by atoms with van der Waals surface area (Å²) < 4.78 is 18.4. The maximum absolute atomic E-state index is 13.1. The average molecular weight is 335 g/mol. The van der Waals surface area contributed by atoms with Gasteiger partial charge in [-0.25, -0.2) is 9.18 Å². The number of benzene rings is 1. The normalized spacial score (nSPS) is 21.0. The number of carbonyl (C=O) groups excluding carboxylic acids is 2. The topological polar surface area (TPSA) is 55.4 Å². The van der Waals surface area contributed by atoms with Crippen LogP contribution in [-0.2, 0) is 9.53 Å². The van der Waals surface area contributed by atoms with Crippen LogP contribution in [0.25, 0.3) is 0 Å². The molecule has 1 aromatic carbocycles. The van der Waals surface area contributed by atoms with Gasteiger partial charge in [0.05, 0.1) is 6.04 Å². The molecule has 0 saturated heterocycles. The van der Waals surface area contributed by atoms with Crippen molar-refractivity contribution in [3.63, 3.8) is 0 Å². The summed E-state index contributed by atoms with van der Waals surface area (Å²) in [6.45, 7) is 7.44. The van der Waals surface area contributed by atoms with Gasteiger partial charge in [0.1, 0.15) is 17.2 Å². The van der Waals surface area contributed by atoms with Gasteiger partial charge in [0.15, 0.2) is 0 Å². The van der Waals surface area contributed by atoms with Gasteiger partial charge < -0.3 is 10.1 Å². The Balaban J connectivity index is 2.01. The van der Waals surface area contributed by atoms with Gasteiger partial charge in [-0.3, -0.25) is 4.79 Å². The van der Waals surface area contributed by atoms with Crippen LogP contribution in [0.5, 0.6) is 0 Å². The average Bonchev–Trinajstić information content (AvgIpc) is 3.19. The van der Waals surface area contributed by atoms with Crippen molar-refractivity contribution in [2.45, 2.75) is 58.6 Å². The van der Waals surface area contributed by atoms with Crippen LogP contribution in [-0.4, -0.2) is 17.5 Å². The number of carbonyl (C=O) groups is 2. The van der Waals surface area contributed by atoms with E-state index in [0.717, 1.165) is 12.0 Å². The highest BCUT2D eigenvalue weighted by atomic mass is 19.1. The van der Waals surface area contributed by atoms with E-state index in [4.69, 9.17) is 4.74 Å². The standard InChI is InChI=1S/C19H26FNO3/c1-12-11-15(12)17(22)10-9-16(13-5-7-14(20)8-6-13)21-18(23)24-19(2,3)4/h5-8,12,15-16H,9-11H2,1-4H3,(H,21,23). The first-order chi connectivity index (χ1) is 11.2. The van der Waals surface area contributed by atoms with Crippen molar-refractivity contribution in [3.8, 4) is 0 Å². The molecule has 24 heavy (non-hydrogen) atoms. The predicted octanol–water partition coefficient (Wildman–Crippen LogP) is 4.40. The zero-order valence-electron chi connectivity index (χ0n) is 14.8. The molecular weight excluding hydrogens is 309 g/mol. The maximum Gasteiger partial charge on any atom is 0.408 e. The summed E-state index contributed by atoms with van der Waals surface area (Å²) in [6.07, 6.45) is 1.29. The van der Waals surface area contributed by atoms with Crippen LogP contribution in [0.1, 0.15) is 58.6 Å². The molecule has 0 aromatic heterocycles. The third-order valence-electron chi connectivity index (χ3n) is 4.17. The van der Waals surface area contributed by atoms with E-state index in [-0.39, 0.29) is 23.6 Å². The third kappa shape index (κ3) is 5.62. The van der Waals surface area contributed by atoms with Crippen molar-refractivity contribution >= 4 is 11.9 Å². The Kier molecular flexibility index (Phi) is 5.62. The summed E-state index contributed by atoms with van der Waals surface area (Å²) in [7, 11) is 0. The second-order valence-electron chi connectivity index (χ2n) is 7.57. The van der Waals surface area contributed by atoms with Crippen molar-refractivity contribution in [1.82, 2.24) is 5.32 Å². The first-order valence-electron chi connectivity index (χ1n) is 8.43. The number of nitrogens with one attached hydrogen (secondary N) is 1. The van der Waals surface area contributed by atoms with E-state index in [1.54, 1.807) is 32.9 Å². The second kappa shape index (κ2) is 7.32. The lowest BCUT2D eigenvalue weighted by atomic mass is 9.99. The molecule has 1 amide bonds. The first-order valence-corrected chi connectivity index (χ1v) is 8.43. The Morgan fingerprint density at radius 3 is 2.38 bits per heavy atom. The van der Waals surface area contributed by atoms with Gasteiger partial charge in [-0.2, -0.15) is 0 Å². The van der Waals surface area contributed by atoms with E-state index in [1.807, 2.05) is 0 Å². The molecule has 4 nitrogen and oxygen atoms in total. The fraction of sp³-hybridized carbons (Fsp3) is 0.579. The molecule has 0 radical (unpaired) electrons. The molecule has 1 aliphatic rings. The molecule has 1 aliphatic carbocycles. The monoisotopic (exact) mass is 335 g/mol. The Labute approximate surface area is 142 Å². The number of Topliss-reactive ketones (excluding diaryl/α,β-unsaturated/α-hetero) is 1. The van der Waals surface area contributed by atoms with Crippen molar-refractivity contribution in [2.24, 2.45) is 11.8 Å². The van der Waals surface area contributed by atoms with Crippen LogP contribution >= 0.6 is 0 Å². The SMILES string of the molecule is CC1CC1C(=O)CCC(NC(=O)OC(C)(C)C)c1ccc(F)cc1. The van der Waals surface area contributed by atoms with E-state index in [1.165, 1.54) is 12.1 Å². The van der Waals surface area contributed by atoms with Crippen LogP contribution in [0, 0.1) is 17.7 Å². The van der Waals surface area contributed by atoms with Gasteiger partial charge >= 0.3 is 6.09 Å². The van der Waals surface area contributed by atoms with Crippen LogP contribution in [0.2, 0.25) is 0 Å². The van der Waals surface area contributed by atoms with Gasteiger partial charge in [0.2, 0.25) is 0 Å². The molecule has 1 saturated carbocycles. The summed E-state index contributed by atoms with van der Waals surface area (Å²) in [5.41, 5.74) is 0.162. The Hall–Kier alpha value is -1.91. The quantitative estimate of drug-likeness (QED) is 0.838. The minimum atomic E-state index is -0.601. The summed E-state index contributed by atoms with van der Waals surface area (Å²) in [5, 5.41) is 2.80. The molecule has 0 heterocycles. The van der Waals surface area contributed by atoms with Crippen LogP contribution in [0.15, 0.2) is 24.3 Å². The minimum absolute atomic E-state index is 0.167.